The van der Waals surface area contributed by atoms with E-state index in [0.29, 0.717) is 24.8 Å². The zero-order chi connectivity index (χ0) is 21.8. The van der Waals surface area contributed by atoms with E-state index in [1.54, 1.807) is 18.2 Å². The van der Waals surface area contributed by atoms with Crippen LogP contribution in [-0.4, -0.2) is 60.4 Å². The van der Waals surface area contributed by atoms with Crippen LogP contribution >= 0.6 is 0 Å². The van der Waals surface area contributed by atoms with Crippen molar-refractivity contribution in [1.29, 1.82) is 0 Å². The van der Waals surface area contributed by atoms with Crippen LogP contribution < -0.4 is 10.2 Å². The lowest BCUT2D eigenvalue weighted by Crippen LogP contribution is -2.46. The Morgan fingerprint density at radius 3 is 2.35 bits per heavy atom. The average Bonchev–Trinajstić information content (AvgIpc) is 2.79. The predicted octanol–water partition coefficient (Wildman–Crippen LogP) is 3.05. The third kappa shape index (κ3) is 5.11. The Kier molecular flexibility index (Phi) is 6.32. The number of nitrogens with zero attached hydrogens (tertiary/aromatic N) is 2. The van der Waals surface area contributed by atoms with E-state index < -0.39 is 5.97 Å². The summed E-state index contributed by atoms with van der Waals surface area (Å²) in [4.78, 5) is 39.7. The van der Waals surface area contributed by atoms with E-state index in [1.807, 2.05) is 24.3 Å². The maximum atomic E-state index is 12.6. The van der Waals surface area contributed by atoms with E-state index >= 15 is 0 Å². The summed E-state index contributed by atoms with van der Waals surface area (Å²) in [6, 6.07) is 12.6. The van der Waals surface area contributed by atoms with Gasteiger partial charge in [0.25, 0.3) is 0 Å². The van der Waals surface area contributed by atoms with Crippen LogP contribution in [-0.2, 0) is 11.2 Å². The largest absolute Gasteiger partial charge is 0.478 e. The third-order valence-electron chi connectivity index (χ3n) is 6.05. The molecule has 2 aliphatic rings. The first-order valence-corrected chi connectivity index (χ1v) is 10.8. The van der Waals surface area contributed by atoms with Gasteiger partial charge in [0.05, 0.1) is 5.56 Å². The van der Waals surface area contributed by atoms with Gasteiger partial charge in [-0.3, -0.25) is 14.5 Å². The van der Waals surface area contributed by atoms with E-state index in [1.165, 1.54) is 0 Å². The maximum Gasteiger partial charge on any atom is 0.335 e. The summed E-state index contributed by atoms with van der Waals surface area (Å²) in [5.41, 5.74) is 3.94. The van der Waals surface area contributed by atoms with Crippen molar-refractivity contribution in [3.63, 3.8) is 0 Å². The van der Waals surface area contributed by atoms with E-state index in [4.69, 9.17) is 5.11 Å². The van der Waals surface area contributed by atoms with Gasteiger partial charge in [0.15, 0.2) is 5.78 Å². The van der Waals surface area contributed by atoms with Crippen LogP contribution in [0.4, 0.5) is 11.4 Å². The number of carboxylic acid groups (broad SMARTS) is 1. The van der Waals surface area contributed by atoms with Crippen LogP contribution in [0.2, 0.25) is 0 Å². The van der Waals surface area contributed by atoms with E-state index in [0.717, 1.165) is 61.6 Å². The van der Waals surface area contributed by atoms with Gasteiger partial charge in [-0.15, -0.1) is 0 Å². The van der Waals surface area contributed by atoms with Gasteiger partial charge in [0.1, 0.15) is 0 Å². The molecule has 0 spiro atoms. The number of nitrogens with one attached hydrogen (secondary N) is 1. The van der Waals surface area contributed by atoms with Crippen molar-refractivity contribution in [1.82, 2.24) is 4.90 Å². The summed E-state index contributed by atoms with van der Waals surface area (Å²) >= 11 is 0. The molecular formula is C24H27N3O4. The maximum absolute atomic E-state index is 12.6. The number of benzene rings is 2. The average molecular weight is 421 g/mol. The van der Waals surface area contributed by atoms with Crippen molar-refractivity contribution in [2.24, 2.45) is 0 Å². The number of hydrogen-bond donors (Lipinski definition) is 2. The summed E-state index contributed by atoms with van der Waals surface area (Å²) in [5.74, 6) is -0.728. The quantitative estimate of drug-likeness (QED) is 0.668. The number of aromatic carboxylic acids is 1. The SMILES string of the molecule is O=C1CCc2cc(C(=O)CCCN3CCN(c4ccc(C(=O)O)cc4)CC3)ccc2N1. The summed E-state index contributed by atoms with van der Waals surface area (Å²) in [6.45, 7) is 4.51. The fraction of sp³-hybridized carbons (Fsp3) is 0.375. The first kappa shape index (κ1) is 21.1. The summed E-state index contributed by atoms with van der Waals surface area (Å²) in [5, 5.41) is 11.9. The Hall–Kier alpha value is -3.19. The lowest BCUT2D eigenvalue weighted by atomic mass is 9.97. The lowest BCUT2D eigenvalue weighted by molar-refractivity contribution is -0.116. The Labute approximate surface area is 181 Å². The molecule has 2 aromatic carbocycles. The van der Waals surface area contributed by atoms with Gasteiger partial charge in [0, 0.05) is 56.0 Å². The second-order valence-corrected chi connectivity index (χ2v) is 8.13. The minimum absolute atomic E-state index is 0.0314. The van der Waals surface area contributed by atoms with Gasteiger partial charge in [-0.25, -0.2) is 4.79 Å². The molecule has 0 saturated carbocycles. The van der Waals surface area contributed by atoms with Gasteiger partial charge in [-0.2, -0.15) is 0 Å². The fourth-order valence-electron chi connectivity index (χ4n) is 4.21. The molecule has 2 heterocycles. The summed E-state index contributed by atoms with van der Waals surface area (Å²) in [6.07, 6.45) is 2.49. The number of piperazine rings is 1. The number of Topliss-reactive ketones (excluding diaryl/α,β-unsaturated/α-hetero) is 1. The molecule has 2 aromatic rings. The number of aryl methyl sites for hydroxylation is 1. The number of rotatable bonds is 7. The molecule has 4 rings (SSSR count). The van der Waals surface area contributed by atoms with E-state index in [-0.39, 0.29) is 11.7 Å². The minimum Gasteiger partial charge on any atom is -0.478 e. The van der Waals surface area contributed by atoms with Crippen LogP contribution in [0.3, 0.4) is 0 Å². The molecule has 2 aliphatic heterocycles. The molecule has 7 nitrogen and oxygen atoms in total. The summed E-state index contributed by atoms with van der Waals surface area (Å²) < 4.78 is 0. The first-order valence-electron chi connectivity index (χ1n) is 10.8. The first-order chi connectivity index (χ1) is 15.0. The normalized spacial score (nSPS) is 16.5. The number of fused-ring (bicyclic) bond motifs is 1. The molecule has 0 radical (unpaired) electrons. The lowest BCUT2D eigenvalue weighted by Gasteiger charge is -2.36. The van der Waals surface area contributed by atoms with Crippen molar-refractivity contribution >= 4 is 29.0 Å². The van der Waals surface area contributed by atoms with Crippen LogP contribution in [0.5, 0.6) is 0 Å². The van der Waals surface area contributed by atoms with E-state index in [2.05, 4.69) is 15.1 Å². The highest BCUT2D eigenvalue weighted by Gasteiger charge is 2.19. The van der Waals surface area contributed by atoms with Gasteiger partial charge in [0.2, 0.25) is 5.91 Å². The second-order valence-electron chi connectivity index (χ2n) is 8.13. The zero-order valence-electron chi connectivity index (χ0n) is 17.5. The summed E-state index contributed by atoms with van der Waals surface area (Å²) in [7, 11) is 0. The van der Waals surface area contributed by atoms with Crippen LogP contribution in [0.1, 0.15) is 45.5 Å². The molecule has 1 amide bonds. The Morgan fingerprint density at radius 1 is 0.935 bits per heavy atom. The highest BCUT2D eigenvalue weighted by atomic mass is 16.4. The Morgan fingerprint density at radius 2 is 1.65 bits per heavy atom. The molecule has 0 atom stereocenters. The smallest absolute Gasteiger partial charge is 0.335 e. The molecule has 0 bridgehead atoms. The Balaban J connectivity index is 1.22. The predicted molar refractivity (Wildman–Crippen MR) is 119 cm³/mol. The van der Waals surface area contributed by atoms with Crippen molar-refractivity contribution in [2.45, 2.75) is 25.7 Å². The topological polar surface area (TPSA) is 90.0 Å². The molecule has 7 heteroatoms. The third-order valence-corrected chi connectivity index (χ3v) is 6.05. The number of amides is 1. The Bertz CT molecular complexity index is 979. The standard InChI is InChI=1S/C24H27N3O4/c28-22(19-5-9-21-18(16-19)6-10-23(29)25-21)2-1-11-26-12-14-27(15-13-26)20-7-3-17(4-8-20)24(30)31/h3-5,7-9,16H,1-2,6,10-15H2,(H,25,29)(H,30,31). The molecule has 0 unspecified atom stereocenters. The number of carbonyl (C=O) groups is 3. The van der Waals surface area contributed by atoms with Gasteiger partial charge < -0.3 is 15.3 Å². The van der Waals surface area contributed by atoms with Crippen LogP contribution in [0.15, 0.2) is 42.5 Å². The molecular weight excluding hydrogens is 394 g/mol. The van der Waals surface area contributed by atoms with Gasteiger partial charge >= 0.3 is 5.97 Å². The highest BCUT2D eigenvalue weighted by Crippen LogP contribution is 2.24. The van der Waals surface area contributed by atoms with Crippen LogP contribution in [0, 0.1) is 0 Å². The van der Waals surface area contributed by atoms with Crippen molar-refractivity contribution in [3.8, 4) is 0 Å². The van der Waals surface area contributed by atoms with E-state index in [9.17, 15) is 14.4 Å². The zero-order valence-corrected chi connectivity index (χ0v) is 17.5. The molecule has 1 saturated heterocycles. The van der Waals surface area contributed by atoms with Crippen LogP contribution in [0.25, 0.3) is 0 Å². The number of carboxylic acids is 1. The molecule has 162 valence electrons. The van der Waals surface area contributed by atoms with Gasteiger partial charge in [-0.05, 0) is 67.4 Å². The monoisotopic (exact) mass is 421 g/mol. The van der Waals surface area contributed by atoms with Gasteiger partial charge in [-0.1, -0.05) is 0 Å². The van der Waals surface area contributed by atoms with Crippen molar-refractivity contribution < 1.29 is 19.5 Å². The highest BCUT2D eigenvalue weighted by molar-refractivity contribution is 5.99. The molecule has 1 fully saturated rings. The minimum atomic E-state index is -0.909. The van der Waals surface area contributed by atoms with Crippen molar-refractivity contribution in [3.05, 3.63) is 59.2 Å². The second kappa shape index (κ2) is 9.31. The number of hydrogen-bond acceptors (Lipinski definition) is 5. The molecule has 0 aliphatic carbocycles. The molecule has 0 aromatic heterocycles. The van der Waals surface area contributed by atoms with Crippen molar-refractivity contribution in [2.75, 3.05) is 42.9 Å². The molecule has 31 heavy (non-hydrogen) atoms. The number of carbonyl (C=O) groups excluding carboxylic acids is 2. The number of anilines is 2. The number of ketones is 1. The fourth-order valence-corrected chi connectivity index (χ4v) is 4.21. The molecule has 2 N–H and O–H groups in total.